The van der Waals surface area contributed by atoms with Gasteiger partial charge in [-0.15, -0.1) is 0 Å². The fraction of sp³-hybridized carbons (Fsp3) is 0.296. The normalized spacial score (nSPS) is 11.9. The molecule has 0 aromatic heterocycles. The van der Waals surface area contributed by atoms with Crippen LogP contribution in [0.2, 0.25) is 5.02 Å². The molecule has 0 spiro atoms. The van der Waals surface area contributed by atoms with Gasteiger partial charge in [-0.1, -0.05) is 23.7 Å². The summed E-state index contributed by atoms with van der Waals surface area (Å²) in [5, 5.41) is 14.7. The molecule has 39 heavy (non-hydrogen) atoms. The molecule has 0 fully saturated rings. The zero-order chi connectivity index (χ0) is 28.7. The van der Waals surface area contributed by atoms with Gasteiger partial charge in [-0.25, -0.2) is 13.2 Å². The van der Waals surface area contributed by atoms with Crippen LogP contribution in [0, 0.1) is 17.0 Å². The van der Waals surface area contributed by atoms with Gasteiger partial charge in [-0.05, 0) is 62.7 Å². The SMILES string of the molecule is CCN(CC)c1cc(C)c(NC(=O)OC(CS(=O)(=O)c2ccc(Cl)cc2)c2ccccc2[N+](=O)[O-])c(OC)c1. The monoisotopic (exact) mass is 575 g/mol. The van der Waals surface area contributed by atoms with E-state index in [1.165, 1.54) is 55.6 Å². The number of ether oxygens (including phenoxy) is 2. The van der Waals surface area contributed by atoms with Crippen molar-refractivity contribution in [2.24, 2.45) is 0 Å². The van der Waals surface area contributed by atoms with Crippen LogP contribution >= 0.6 is 11.6 Å². The molecule has 0 heterocycles. The van der Waals surface area contributed by atoms with Crippen molar-refractivity contribution >= 4 is 44.6 Å². The lowest BCUT2D eigenvalue weighted by Crippen LogP contribution is -2.25. The average molecular weight is 576 g/mol. The quantitative estimate of drug-likeness (QED) is 0.212. The van der Waals surface area contributed by atoms with E-state index >= 15 is 0 Å². The number of carbonyl (C=O) groups excluding carboxylic acids is 1. The number of carbonyl (C=O) groups is 1. The van der Waals surface area contributed by atoms with E-state index in [4.69, 9.17) is 21.1 Å². The van der Waals surface area contributed by atoms with Gasteiger partial charge in [0, 0.05) is 35.9 Å². The number of nitrogens with zero attached hydrogens (tertiary/aromatic N) is 2. The Labute approximate surface area is 232 Å². The van der Waals surface area contributed by atoms with Gasteiger partial charge in [-0.3, -0.25) is 15.4 Å². The van der Waals surface area contributed by atoms with Crippen molar-refractivity contribution < 1.29 is 27.6 Å². The van der Waals surface area contributed by atoms with Crippen LogP contribution in [0.25, 0.3) is 0 Å². The fourth-order valence-electron chi connectivity index (χ4n) is 4.14. The van der Waals surface area contributed by atoms with Gasteiger partial charge in [0.2, 0.25) is 0 Å². The summed E-state index contributed by atoms with van der Waals surface area (Å²) in [6.07, 6.45) is -2.49. The van der Waals surface area contributed by atoms with Crippen LogP contribution in [0.4, 0.5) is 21.9 Å². The van der Waals surface area contributed by atoms with E-state index in [-0.39, 0.29) is 16.1 Å². The summed E-state index contributed by atoms with van der Waals surface area (Å²) in [4.78, 5) is 26.2. The highest BCUT2D eigenvalue weighted by Crippen LogP contribution is 2.35. The van der Waals surface area contributed by atoms with Gasteiger partial charge in [0.15, 0.2) is 9.84 Å². The zero-order valence-corrected chi connectivity index (χ0v) is 23.6. The van der Waals surface area contributed by atoms with Gasteiger partial charge < -0.3 is 14.4 Å². The summed E-state index contributed by atoms with van der Waals surface area (Å²) in [5.74, 6) is -0.353. The molecule has 0 aliphatic carbocycles. The number of aryl methyl sites for hydroxylation is 1. The molecule has 1 N–H and O–H groups in total. The molecule has 10 nitrogen and oxygen atoms in total. The Balaban J connectivity index is 1.97. The molecule has 0 radical (unpaired) electrons. The highest BCUT2D eigenvalue weighted by atomic mass is 35.5. The van der Waals surface area contributed by atoms with Crippen LogP contribution in [0.5, 0.6) is 5.75 Å². The van der Waals surface area contributed by atoms with Crippen LogP contribution in [-0.4, -0.2) is 45.4 Å². The van der Waals surface area contributed by atoms with E-state index < -0.39 is 32.7 Å². The smallest absolute Gasteiger partial charge is 0.412 e. The average Bonchev–Trinajstić information content (AvgIpc) is 2.90. The number of nitro groups is 1. The number of para-hydroxylation sites is 1. The first-order valence-corrected chi connectivity index (χ1v) is 14.2. The molecule has 3 rings (SSSR count). The van der Waals surface area contributed by atoms with E-state index in [1.54, 1.807) is 13.0 Å². The molecule has 12 heteroatoms. The third-order valence-corrected chi connectivity index (χ3v) is 8.12. The van der Waals surface area contributed by atoms with Gasteiger partial charge in [0.25, 0.3) is 5.69 Å². The second-order valence-corrected chi connectivity index (χ2v) is 11.1. The number of nitro benzene ring substituents is 1. The molecule has 0 bridgehead atoms. The minimum atomic E-state index is -4.04. The molecule has 1 amide bonds. The largest absolute Gasteiger partial charge is 0.494 e. The number of hydrogen-bond donors (Lipinski definition) is 1. The van der Waals surface area contributed by atoms with E-state index in [0.717, 1.165) is 18.8 Å². The Kier molecular flexibility index (Phi) is 9.76. The Morgan fingerprint density at radius 1 is 1.10 bits per heavy atom. The lowest BCUT2D eigenvalue weighted by molar-refractivity contribution is -0.386. The molecule has 3 aromatic carbocycles. The standard InChI is InChI=1S/C27H30ClN3O7S/c1-5-30(6-2)20-15-18(3)26(24(16-20)37-4)29-27(32)38-25(22-9-7-8-10-23(22)31(33)34)17-39(35,36)21-13-11-19(28)12-14-21/h7-16,25H,5-6,17H2,1-4H3,(H,29,32). The van der Waals surface area contributed by atoms with Crippen molar-refractivity contribution in [2.75, 3.05) is 36.2 Å². The lowest BCUT2D eigenvalue weighted by Gasteiger charge is -2.24. The lowest BCUT2D eigenvalue weighted by atomic mass is 10.1. The van der Waals surface area contributed by atoms with Crippen LogP contribution < -0.4 is 15.0 Å². The maximum absolute atomic E-state index is 13.2. The van der Waals surface area contributed by atoms with Gasteiger partial charge in [0.05, 0.1) is 33.9 Å². The number of methoxy groups -OCH3 is 1. The number of halogens is 1. The Morgan fingerprint density at radius 3 is 2.33 bits per heavy atom. The Bertz CT molecular complexity index is 1440. The summed E-state index contributed by atoms with van der Waals surface area (Å²) >= 11 is 5.89. The van der Waals surface area contributed by atoms with E-state index in [2.05, 4.69) is 10.2 Å². The summed E-state index contributed by atoms with van der Waals surface area (Å²) in [5.41, 5.74) is 1.49. The first-order chi connectivity index (χ1) is 18.5. The third kappa shape index (κ3) is 7.18. The topological polar surface area (TPSA) is 128 Å². The fourth-order valence-corrected chi connectivity index (χ4v) is 5.66. The van der Waals surface area contributed by atoms with Gasteiger partial charge >= 0.3 is 6.09 Å². The van der Waals surface area contributed by atoms with Crippen molar-refractivity contribution in [3.63, 3.8) is 0 Å². The third-order valence-electron chi connectivity index (χ3n) is 6.13. The van der Waals surface area contributed by atoms with Gasteiger partial charge in [0.1, 0.15) is 11.9 Å². The first-order valence-electron chi connectivity index (χ1n) is 12.1. The van der Waals surface area contributed by atoms with Gasteiger partial charge in [-0.2, -0.15) is 0 Å². The predicted molar refractivity (Wildman–Crippen MR) is 151 cm³/mol. The van der Waals surface area contributed by atoms with Crippen molar-refractivity contribution in [1.82, 2.24) is 0 Å². The van der Waals surface area contributed by atoms with E-state index in [9.17, 15) is 23.3 Å². The minimum absolute atomic E-state index is 0.0595. The molecule has 0 aliphatic rings. The van der Waals surface area contributed by atoms with Crippen LogP contribution in [0.1, 0.15) is 31.1 Å². The second kappa shape index (κ2) is 12.8. The molecule has 0 aliphatic heterocycles. The van der Waals surface area contributed by atoms with Crippen molar-refractivity contribution in [3.8, 4) is 5.75 Å². The predicted octanol–water partition coefficient (Wildman–Crippen LogP) is 6.18. The summed E-state index contributed by atoms with van der Waals surface area (Å²) in [7, 11) is -2.58. The number of nitrogens with one attached hydrogen (secondary N) is 1. The molecule has 3 aromatic rings. The van der Waals surface area contributed by atoms with Crippen LogP contribution in [0.3, 0.4) is 0 Å². The maximum Gasteiger partial charge on any atom is 0.412 e. The summed E-state index contributed by atoms with van der Waals surface area (Å²) < 4.78 is 37.5. The Morgan fingerprint density at radius 2 is 1.74 bits per heavy atom. The van der Waals surface area contributed by atoms with Crippen molar-refractivity contribution in [2.45, 2.75) is 31.8 Å². The molecule has 1 atom stereocenters. The second-order valence-electron chi connectivity index (χ2n) is 8.58. The van der Waals surface area contributed by atoms with Crippen LogP contribution in [-0.2, 0) is 14.6 Å². The summed E-state index contributed by atoms with van der Waals surface area (Å²) in [6.45, 7) is 7.38. The highest BCUT2D eigenvalue weighted by Gasteiger charge is 2.31. The number of anilines is 2. The molecule has 1 unspecified atom stereocenters. The summed E-state index contributed by atoms with van der Waals surface area (Å²) in [6, 6.07) is 14.7. The molecule has 208 valence electrons. The zero-order valence-electron chi connectivity index (χ0n) is 22.0. The number of sulfone groups is 1. The number of hydrogen-bond acceptors (Lipinski definition) is 8. The number of benzene rings is 3. The molecular weight excluding hydrogens is 546 g/mol. The molecule has 0 saturated carbocycles. The number of rotatable bonds is 11. The van der Waals surface area contributed by atoms with Crippen LogP contribution in [0.15, 0.2) is 65.6 Å². The first kappa shape index (κ1) is 29.7. The Hall–Kier alpha value is -3.83. The van der Waals surface area contributed by atoms with E-state index in [1.807, 2.05) is 19.9 Å². The van der Waals surface area contributed by atoms with Crippen molar-refractivity contribution in [1.29, 1.82) is 0 Å². The van der Waals surface area contributed by atoms with E-state index in [0.29, 0.717) is 22.0 Å². The molecular formula is C27H30ClN3O7S. The number of amides is 1. The maximum atomic E-state index is 13.2. The minimum Gasteiger partial charge on any atom is -0.494 e. The highest BCUT2D eigenvalue weighted by molar-refractivity contribution is 7.91. The molecule has 0 saturated heterocycles. The van der Waals surface area contributed by atoms with Crippen molar-refractivity contribution in [3.05, 3.63) is 86.9 Å².